The van der Waals surface area contributed by atoms with Crippen LogP contribution in [0.5, 0.6) is 0 Å². The molecule has 0 radical (unpaired) electrons. The van der Waals surface area contributed by atoms with Crippen LogP contribution in [0.2, 0.25) is 0 Å². The molecule has 0 aliphatic heterocycles. The highest BCUT2D eigenvalue weighted by atomic mass is 14.2. The van der Waals surface area contributed by atoms with Gasteiger partial charge in [0.05, 0.1) is 0 Å². The number of rotatable bonds is 1. The fourth-order valence-electron chi connectivity index (χ4n) is 0.167. The Morgan fingerprint density at radius 2 is 1.00 bits per heavy atom. The zero-order valence-corrected chi connectivity index (χ0v) is 10.1. The number of hydrogen-bond acceptors (Lipinski definition) is 0. The van der Waals surface area contributed by atoms with Crippen LogP contribution >= 0.6 is 0 Å². The average molecular weight is 172 g/mol. The molecule has 0 heterocycles. The molecule has 1 fully saturated rings. The molecule has 0 aromatic carbocycles. The molecule has 0 N–H and O–H groups in total. The summed E-state index contributed by atoms with van der Waals surface area (Å²) in [5.41, 5.74) is 0. The first kappa shape index (κ1) is 14.5. The molecule has 0 atom stereocenters. The summed E-state index contributed by atoms with van der Waals surface area (Å²) in [6.07, 6.45) is 2.97. The van der Waals surface area contributed by atoms with E-state index >= 15 is 0 Å². The van der Waals surface area contributed by atoms with E-state index in [2.05, 4.69) is 34.6 Å². The van der Waals surface area contributed by atoms with E-state index in [1.165, 1.54) is 12.8 Å². The normalized spacial score (nSPS) is 14.8. The van der Waals surface area contributed by atoms with Crippen molar-refractivity contribution in [2.24, 2.45) is 17.8 Å². The van der Waals surface area contributed by atoms with Gasteiger partial charge in [-0.1, -0.05) is 61.3 Å². The fraction of sp³-hybridized carbons (Fsp3) is 1.00. The molecule has 1 aliphatic carbocycles. The maximum Gasteiger partial charge on any atom is -0.0443 e. The quantitative estimate of drug-likeness (QED) is 0.536. The van der Waals surface area contributed by atoms with Gasteiger partial charge < -0.3 is 0 Å². The van der Waals surface area contributed by atoms with E-state index in [9.17, 15) is 0 Å². The second kappa shape index (κ2) is 9.09. The molecule has 0 amide bonds. The summed E-state index contributed by atoms with van der Waals surface area (Å²) in [6.45, 7) is 15.2. The molecule has 1 saturated carbocycles. The topological polar surface area (TPSA) is 0 Å². The maximum absolute atomic E-state index is 2.28. The lowest BCUT2D eigenvalue weighted by Crippen LogP contribution is -1.95. The van der Waals surface area contributed by atoms with Gasteiger partial charge in [-0.05, 0) is 17.8 Å². The Hall–Kier alpha value is 0. The SMILES string of the molecule is CC.CC(C)C(C)C.CC1CC1. The molecule has 0 heteroatoms. The molecule has 0 aromatic rings. The highest BCUT2D eigenvalue weighted by molar-refractivity contribution is 4.65. The van der Waals surface area contributed by atoms with Crippen molar-refractivity contribution in [3.8, 4) is 0 Å². The van der Waals surface area contributed by atoms with Crippen molar-refractivity contribution in [1.82, 2.24) is 0 Å². The monoisotopic (exact) mass is 172 g/mol. The van der Waals surface area contributed by atoms with Gasteiger partial charge >= 0.3 is 0 Å². The molecule has 0 unspecified atom stereocenters. The summed E-state index contributed by atoms with van der Waals surface area (Å²) >= 11 is 0. The number of hydrogen-bond donors (Lipinski definition) is 0. The van der Waals surface area contributed by atoms with Crippen molar-refractivity contribution in [3.05, 3.63) is 0 Å². The van der Waals surface area contributed by atoms with E-state index < -0.39 is 0 Å². The third-order valence-corrected chi connectivity index (χ3v) is 2.20. The molecule has 0 bridgehead atoms. The van der Waals surface area contributed by atoms with Crippen molar-refractivity contribution in [1.29, 1.82) is 0 Å². The minimum absolute atomic E-state index is 0.852. The Labute approximate surface area is 79.8 Å². The lowest BCUT2D eigenvalue weighted by molar-refractivity contribution is 0.457. The van der Waals surface area contributed by atoms with E-state index in [0.29, 0.717) is 0 Å². The Morgan fingerprint density at radius 1 is 0.833 bits per heavy atom. The lowest BCUT2D eigenvalue weighted by atomic mass is 10.0. The van der Waals surface area contributed by atoms with E-state index in [0.717, 1.165) is 17.8 Å². The van der Waals surface area contributed by atoms with Crippen LogP contribution in [0.3, 0.4) is 0 Å². The van der Waals surface area contributed by atoms with Gasteiger partial charge in [0.25, 0.3) is 0 Å². The lowest BCUT2D eigenvalue weighted by Gasteiger charge is -2.05. The van der Waals surface area contributed by atoms with Crippen LogP contribution in [0.1, 0.15) is 61.3 Å². The summed E-state index contributed by atoms with van der Waals surface area (Å²) in [4.78, 5) is 0. The third-order valence-electron chi connectivity index (χ3n) is 2.20. The summed E-state index contributed by atoms with van der Waals surface area (Å²) in [7, 11) is 0. The molecule has 0 nitrogen and oxygen atoms in total. The molecule has 12 heavy (non-hydrogen) atoms. The van der Waals surface area contributed by atoms with Crippen molar-refractivity contribution < 1.29 is 0 Å². The minimum Gasteiger partial charge on any atom is -0.0683 e. The summed E-state index contributed by atoms with van der Waals surface area (Å²) in [6, 6.07) is 0. The van der Waals surface area contributed by atoms with Gasteiger partial charge in [0.1, 0.15) is 0 Å². The smallest absolute Gasteiger partial charge is 0.0443 e. The molecule has 0 saturated heterocycles. The van der Waals surface area contributed by atoms with Crippen molar-refractivity contribution in [3.63, 3.8) is 0 Å². The van der Waals surface area contributed by atoms with E-state index in [1.54, 1.807) is 0 Å². The summed E-state index contributed by atoms with van der Waals surface area (Å²) < 4.78 is 0. The fourth-order valence-corrected chi connectivity index (χ4v) is 0.167. The third kappa shape index (κ3) is 16.5. The van der Waals surface area contributed by atoms with Gasteiger partial charge in [0.2, 0.25) is 0 Å². The van der Waals surface area contributed by atoms with Crippen LogP contribution in [0, 0.1) is 17.8 Å². The Balaban J connectivity index is 0. The van der Waals surface area contributed by atoms with Crippen molar-refractivity contribution in [2.75, 3.05) is 0 Å². The van der Waals surface area contributed by atoms with Gasteiger partial charge in [-0.25, -0.2) is 0 Å². The largest absolute Gasteiger partial charge is 0.0683 e. The summed E-state index contributed by atoms with van der Waals surface area (Å²) in [5.74, 6) is 2.79. The molecule has 76 valence electrons. The molecule has 0 aromatic heterocycles. The van der Waals surface area contributed by atoms with Gasteiger partial charge in [-0.2, -0.15) is 0 Å². The van der Waals surface area contributed by atoms with Crippen molar-refractivity contribution in [2.45, 2.75) is 61.3 Å². The highest BCUT2D eigenvalue weighted by Gasteiger charge is 2.12. The standard InChI is InChI=1S/C6H14.C4H8.C2H6/c1-5(2)6(3)4;1-4-2-3-4;1-2/h5-6H,1-4H3;4H,2-3H2,1H3;1-2H3. The first-order valence-electron chi connectivity index (χ1n) is 5.54. The highest BCUT2D eigenvalue weighted by Crippen LogP contribution is 2.26. The molecule has 1 aliphatic rings. The minimum atomic E-state index is 0.852. The maximum atomic E-state index is 2.28. The second-order valence-corrected chi connectivity index (χ2v) is 4.17. The van der Waals surface area contributed by atoms with Crippen LogP contribution in [-0.4, -0.2) is 0 Å². The van der Waals surface area contributed by atoms with Crippen LogP contribution in [0.25, 0.3) is 0 Å². The Bertz CT molecular complexity index is 62.1. The predicted molar refractivity (Wildman–Crippen MR) is 59.4 cm³/mol. The van der Waals surface area contributed by atoms with Crippen LogP contribution in [0.15, 0.2) is 0 Å². The van der Waals surface area contributed by atoms with Gasteiger partial charge in [-0.15, -0.1) is 0 Å². The van der Waals surface area contributed by atoms with E-state index in [1.807, 2.05) is 13.8 Å². The first-order valence-corrected chi connectivity index (χ1v) is 5.54. The molecule has 1 rings (SSSR count). The molecular weight excluding hydrogens is 144 g/mol. The zero-order chi connectivity index (χ0) is 10.1. The van der Waals surface area contributed by atoms with Crippen molar-refractivity contribution >= 4 is 0 Å². The summed E-state index contributed by atoms with van der Waals surface area (Å²) in [5, 5.41) is 0. The molecule has 0 spiro atoms. The van der Waals surface area contributed by atoms with Crippen LogP contribution in [0.4, 0.5) is 0 Å². The van der Waals surface area contributed by atoms with E-state index in [-0.39, 0.29) is 0 Å². The van der Waals surface area contributed by atoms with Crippen LogP contribution in [-0.2, 0) is 0 Å². The molecular formula is C12H28. The second-order valence-electron chi connectivity index (χ2n) is 4.17. The Morgan fingerprint density at radius 3 is 1.00 bits per heavy atom. The van der Waals surface area contributed by atoms with Gasteiger partial charge in [0, 0.05) is 0 Å². The first-order chi connectivity index (χ1) is 5.54. The van der Waals surface area contributed by atoms with Gasteiger partial charge in [-0.3, -0.25) is 0 Å². The zero-order valence-electron chi connectivity index (χ0n) is 10.1. The van der Waals surface area contributed by atoms with Crippen LogP contribution < -0.4 is 0 Å². The Kier molecular flexibility index (Phi) is 11.0. The van der Waals surface area contributed by atoms with E-state index in [4.69, 9.17) is 0 Å². The average Bonchev–Trinajstić information content (AvgIpc) is 2.77. The van der Waals surface area contributed by atoms with Gasteiger partial charge in [0.15, 0.2) is 0 Å². The predicted octanol–water partition coefficient (Wildman–Crippen LogP) is 4.74.